The summed E-state index contributed by atoms with van der Waals surface area (Å²) >= 11 is 0. The molecule has 3 rings (SSSR count). The van der Waals surface area contributed by atoms with Gasteiger partial charge >= 0.3 is 0 Å². The molecular formula is C16H16N2O2. The van der Waals surface area contributed by atoms with Crippen molar-refractivity contribution < 1.29 is 9.53 Å². The van der Waals surface area contributed by atoms with Crippen LogP contribution < -0.4 is 15.8 Å². The van der Waals surface area contributed by atoms with E-state index >= 15 is 0 Å². The van der Waals surface area contributed by atoms with Crippen LogP contribution in [0.3, 0.4) is 0 Å². The molecule has 2 aromatic carbocycles. The molecule has 0 bridgehead atoms. The van der Waals surface area contributed by atoms with Crippen molar-refractivity contribution in [1.29, 1.82) is 0 Å². The number of hydrogen-bond acceptors (Lipinski definition) is 3. The van der Waals surface area contributed by atoms with Crippen LogP contribution in [-0.4, -0.2) is 12.5 Å². The first-order valence-corrected chi connectivity index (χ1v) is 6.58. The minimum absolute atomic E-state index is 0.0269. The first kappa shape index (κ1) is 12.5. The largest absolute Gasteiger partial charge is 0.491 e. The minimum Gasteiger partial charge on any atom is -0.491 e. The SMILES string of the molecule is Nc1cccc(CC(=O)NC2COc3ccccc32)c1. The summed E-state index contributed by atoms with van der Waals surface area (Å²) in [5.74, 6) is 0.822. The van der Waals surface area contributed by atoms with E-state index < -0.39 is 0 Å². The molecule has 2 aromatic rings. The zero-order chi connectivity index (χ0) is 13.9. The molecule has 4 heteroatoms. The molecule has 1 amide bonds. The van der Waals surface area contributed by atoms with Gasteiger partial charge in [0.1, 0.15) is 12.4 Å². The van der Waals surface area contributed by atoms with E-state index in [1.807, 2.05) is 48.5 Å². The Hall–Kier alpha value is -2.49. The standard InChI is InChI=1S/C16H16N2O2/c17-12-5-3-4-11(8-12)9-16(19)18-14-10-20-15-7-2-1-6-13(14)15/h1-8,14H,9-10,17H2,(H,18,19). The number of anilines is 1. The fourth-order valence-corrected chi connectivity index (χ4v) is 2.42. The number of nitrogens with two attached hydrogens (primary N) is 1. The number of nitrogens with one attached hydrogen (secondary N) is 1. The van der Waals surface area contributed by atoms with Crippen molar-refractivity contribution in [2.24, 2.45) is 0 Å². The fraction of sp³-hybridized carbons (Fsp3) is 0.188. The number of rotatable bonds is 3. The van der Waals surface area contributed by atoms with E-state index in [-0.39, 0.29) is 11.9 Å². The van der Waals surface area contributed by atoms with Gasteiger partial charge in [-0.05, 0) is 23.8 Å². The van der Waals surface area contributed by atoms with Gasteiger partial charge in [-0.25, -0.2) is 0 Å². The van der Waals surface area contributed by atoms with E-state index in [0.29, 0.717) is 18.7 Å². The third-order valence-corrected chi connectivity index (χ3v) is 3.35. The van der Waals surface area contributed by atoms with Crippen LogP contribution in [0.15, 0.2) is 48.5 Å². The molecular weight excluding hydrogens is 252 g/mol. The van der Waals surface area contributed by atoms with Crippen LogP contribution in [0.25, 0.3) is 0 Å². The molecule has 3 N–H and O–H groups in total. The molecule has 1 aliphatic heterocycles. The van der Waals surface area contributed by atoms with Crippen LogP contribution in [-0.2, 0) is 11.2 Å². The molecule has 102 valence electrons. The van der Waals surface area contributed by atoms with E-state index in [1.54, 1.807) is 0 Å². The number of nitrogen functional groups attached to an aromatic ring is 1. The number of carbonyl (C=O) groups is 1. The van der Waals surface area contributed by atoms with Crippen LogP contribution >= 0.6 is 0 Å². The van der Waals surface area contributed by atoms with E-state index in [1.165, 1.54) is 0 Å². The predicted molar refractivity (Wildman–Crippen MR) is 77.4 cm³/mol. The molecule has 1 atom stereocenters. The highest BCUT2D eigenvalue weighted by Crippen LogP contribution is 2.31. The number of para-hydroxylation sites is 1. The van der Waals surface area contributed by atoms with Crippen molar-refractivity contribution in [2.75, 3.05) is 12.3 Å². The molecule has 20 heavy (non-hydrogen) atoms. The van der Waals surface area contributed by atoms with Crippen LogP contribution in [0.2, 0.25) is 0 Å². The number of carbonyl (C=O) groups excluding carboxylic acids is 1. The third-order valence-electron chi connectivity index (χ3n) is 3.35. The second-order valence-electron chi connectivity index (χ2n) is 4.89. The first-order valence-electron chi connectivity index (χ1n) is 6.58. The Morgan fingerprint density at radius 1 is 1.25 bits per heavy atom. The highest BCUT2D eigenvalue weighted by atomic mass is 16.5. The summed E-state index contributed by atoms with van der Waals surface area (Å²) in [6.07, 6.45) is 0.323. The van der Waals surface area contributed by atoms with Crippen LogP contribution in [0, 0.1) is 0 Å². The molecule has 1 heterocycles. The number of fused-ring (bicyclic) bond motifs is 1. The summed E-state index contributed by atoms with van der Waals surface area (Å²) < 4.78 is 5.55. The van der Waals surface area contributed by atoms with Crippen molar-refractivity contribution in [3.63, 3.8) is 0 Å². The Balaban J connectivity index is 1.66. The highest BCUT2D eigenvalue weighted by molar-refractivity contribution is 5.79. The zero-order valence-electron chi connectivity index (χ0n) is 11.0. The molecule has 0 saturated heterocycles. The summed E-state index contributed by atoms with van der Waals surface area (Å²) in [6, 6.07) is 15.1. The van der Waals surface area contributed by atoms with Crippen LogP contribution in [0.5, 0.6) is 5.75 Å². The van der Waals surface area contributed by atoms with Gasteiger partial charge < -0.3 is 15.8 Å². The Labute approximate surface area is 117 Å². The quantitative estimate of drug-likeness (QED) is 0.837. The number of amides is 1. The van der Waals surface area contributed by atoms with Crippen molar-refractivity contribution in [3.8, 4) is 5.75 Å². The topological polar surface area (TPSA) is 64.4 Å². The average molecular weight is 268 g/mol. The Kier molecular flexibility index (Phi) is 3.29. The molecule has 0 saturated carbocycles. The summed E-state index contributed by atoms with van der Waals surface area (Å²) in [4.78, 5) is 12.1. The lowest BCUT2D eigenvalue weighted by Crippen LogP contribution is -2.30. The molecule has 1 unspecified atom stereocenters. The van der Waals surface area contributed by atoms with Gasteiger partial charge in [-0.3, -0.25) is 4.79 Å². The van der Waals surface area contributed by atoms with Crippen LogP contribution in [0.4, 0.5) is 5.69 Å². The Bertz CT molecular complexity index is 640. The maximum atomic E-state index is 12.1. The van der Waals surface area contributed by atoms with Crippen molar-refractivity contribution in [3.05, 3.63) is 59.7 Å². The third kappa shape index (κ3) is 2.59. The van der Waals surface area contributed by atoms with Gasteiger partial charge in [0.2, 0.25) is 5.91 Å². The normalized spacial score (nSPS) is 16.3. The van der Waals surface area contributed by atoms with Gasteiger partial charge in [0, 0.05) is 11.3 Å². The average Bonchev–Trinajstić information content (AvgIpc) is 2.82. The summed E-state index contributed by atoms with van der Waals surface area (Å²) in [7, 11) is 0. The lowest BCUT2D eigenvalue weighted by Gasteiger charge is -2.12. The molecule has 0 aliphatic carbocycles. The van der Waals surface area contributed by atoms with E-state index in [0.717, 1.165) is 16.9 Å². The van der Waals surface area contributed by atoms with Gasteiger partial charge in [-0.15, -0.1) is 0 Å². The summed E-state index contributed by atoms with van der Waals surface area (Å²) in [5.41, 5.74) is 8.33. The van der Waals surface area contributed by atoms with Gasteiger partial charge in [-0.1, -0.05) is 30.3 Å². The van der Waals surface area contributed by atoms with Gasteiger partial charge in [-0.2, -0.15) is 0 Å². The van der Waals surface area contributed by atoms with Crippen molar-refractivity contribution >= 4 is 11.6 Å². The number of hydrogen-bond donors (Lipinski definition) is 2. The van der Waals surface area contributed by atoms with E-state index in [2.05, 4.69) is 5.32 Å². The van der Waals surface area contributed by atoms with Crippen LogP contribution in [0.1, 0.15) is 17.2 Å². The number of benzene rings is 2. The van der Waals surface area contributed by atoms with E-state index in [9.17, 15) is 4.79 Å². The molecule has 0 radical (unpaired) electrons. The Morgan fingerprint density at radius 2 is 2.10 bits per heavy atom. The van der Waals surface area contributed by atoms with Crippen molar-refractivity contribution in [1.82, 2.24) is 5.32 Å². The zero-order valence-corrected chi connectivity index (χ0v) is 11.0. The summed E-state index contributed by atoms with van der Waals surface area (Å²) in [6.45, 7) is 0.488. The molecule has 0 fully saturated rings. The summed E-state index contributed by atoms with van der Waals surface area (Å²) in [5, 5.41) is 3.00. The van der Waals surface area contributed by atoms with Gasteiger partial charge in [0.25, 0.3) is 0 Å². The lowest BCUT2D eigenvalue weighted by atomic mass is 10.1. The minimum atomic E-state index is -0.0697. The second kappa shape index (κ2) is 5.25. The molecule has 0 spiro atoms. The maximum Gasteiger partial charge on any atom is 0.225 e. The lowest BCUT2D eigenvalue weighted by molar-refractivity contribution is -0.121. The molecule has 4 nitrogen and oxygen atoms in total. The number of ether oxygens (including phenoxy) is 1. The van der Waals surface area contributed by atoms with Gasteiger partial charge in [0.15, 0.2) is 0 Å². The van der Waals surface area contributed by atoms with Gasteiger partial charge in [0.05, 0.1) is 12.5 Å². The smallest absolute Gasteiger partial charge is 0.225 e. The monoisotopic (exact) mass is 268 g/mol. The van der Waals surface area contributed by atoms with E-state index in [4.69, 9.17) is 10.5 Å². The Morgan fingerprint density at radius 3 is 2.95 bits per heavy atom. The predicted octanol–water partition coefficient (Wildman–Crippen LogP) is 2.06. The second-order valence-corrected chi connectivity index (χ2v) is 4.89. The first-order chi connectivity index (χ1) is 9.72. The fourth-order valence-electron chi connectivity index (χ4n) is 2.42. The highest BCUT2D eigenvalue weighted by Gasteiger charge is 2.24. The van der Waals surface area contributed by atoms with Crippen molar-refractivity contribution in [2.45, 2.75) is 12.5 Å². The molecule has 1 aliphatic rings. The maximum absolute atomic E-state index is 12.1. The molecule has 0 aromatic heterocycles.